The molecule has 2 rings (SSSR count). The zero-order valence-electron chi connectivity index (χ0n) is 10.9. The standard InChI is InChI=1S/C11H17N5O3S/c12-11-13-6-9(7-14-11)20(18,19)15-5-1-2-10(17)16-8-3-4-8/h6-8,15H,1-5H2,(H,16,17)(H2,12,13,14). The molecule has 0 spiro atoms. The molecule has 0 aliphatic heterocycles. The van der Waals surface area contributed by atoms with Crippen molar-refractivity contribution in [2.24, 2.45) is 0 Å². The van der Waals surface area contributed by atoms with Gasteiger partial charge in [-0.15, -0.1) is 0 Å². The lowest BCUT2D eigenvalue weighted by Gasteiger charge is -2.06. The number of nitrogen functional groups attached to an aromatic ring is 1. The lowest BCUT2D eigenvalue weighted by atomic mass is 10.3. The second kappa shape index (κ2) is 6.14. The van der Waals surface area contributed by atoms with Crippen LogP contribution >= 0.6 is 0 Å². The fourth-order valence-electron chi connectivity index (χ4n) is 1.53. The van der Waals surface area contributed by atoms with Crippen molar-refractivity contribution in [1.29, 1.82) is 0 Å². The van der Waals surface area contributed by atoms with Crippen LogP contribution in [0.3, 0.4) is 0 Å². The van der Waals surface area contributed by atoms with Gasteiger partial charge in [-0.2, -0.15) is 0 Å². The van der Waals surface area contributed by atoms with Gasteiger partial charge in [0.2, 0.25) is 21.9 Å². The maximum Gasteiger partial charge on any atom is 0.243 e. The Morgan fingerprint density at radius 3 is 2.60 bits per heavy atom. The zero-order chi connectivity index (χ0) is 14.6. The van der Waals surface area contributed by atoms with E-state index in [2.05, 4.69) is 20.0 Å². The Balaban J connectivity index is 1.74. The first-order chi connectivity index (χ1) is 9.47. The normalized spacial score (nSPS) is 15.0. The van der Waals surface area contributed by atoms with E-state index in [1.165, 1.54) is 0 Å². The second-order valence-corrected chi connectivity index (χ2v) is 6.39. The first-order valence-corrected chi connectivity index (χ1v) is 7.82. The molecule has 0 atom stereocenters. The minimum Gasteiger partial charge on any atom is -0.368 e. The van der Waals surface area contributed by atoms with Gasteiger partial charge in [-0.3, -0.25) is 4.79 Å². The van der Waals surface area contributed by atoms with Gasteiger partial charge < -0.3 is 11.1 Å². The Morgan fingerprint density at radius 2 is 2.00 bits per heavy atom. The van der Waals surface area contributed by atoms with Gasteiger partial charge >= 0.3 is 0 Å². The number of hydrogen-bond donors (Lipinski definition) is 3. The molecule has 0 unspecified atom stereocenters. The predicted octanol–water partition coefficient (Wildman–Crippen LogP) is -0.604. The largest absolute Gasteiger partial charge is 0.368 e. The summed E-state index contributed by atoms with van der Waals surface area (Å²) in [4.78, 5) is 18.6. The highest BCUT2D eigenvalue weighted by Crippen LogP contribution is 2.18. The van der Waals surface area contributed by atoms with E-state index in [0.29, 0.717) is 18.9 Å². The first-order valence-electron chi connectivity index (χ1n) is 6.34. The van der Waals surface area contributed by atoms with Crippen LogP contribution in [-0.2, 0) is 14.8 Å². The lowest BCUT2D eigenvalue weighted by molar-refractivity contribution is -0.121. The lowest BCUT2D eigenvalue weighted by Crippen LogP contribution is -2.28. The van der Waals surface area contributed by atoms with Crippen molar-refractivity contribution in [2.45, 2.75) is 36.6 Å². The molecule has 1 aliphatic carbocycles. The molecular weight excluding hydrogens is 282 g/mol. The van der Waals surface area contributed by atoms with Gasteiger partial charge in [-0.05, 0) is 19.3 Å². The molecule has 1 fully saturated rings. The van der Waals surface area contributed by atoms with Gasteiger partial charge in [0.05, 0.1) is 12.4 Å². The number of carbonyl (C=O) groups is 1. The van der Waals surface area contributed by atoms with Crippen molar-refractivity contribution in [3.63, 3.8) is 0 Å². The van der Waals surface area contributed by atoms with E-state index in [9.17, 15) is 13.2 Å². The molecule has 0 radical (unpaired) electrons. The van der Waals surface area contributed by atoms with Crippen molar-refractivity contribution in [1.82, 2.24) is 20.0 Å². The summed E-state index contributed by atoms with van der Waals surface area (Å²) in [6.07, 6.45) is 5.10. The summed E-state index contributed by atoms with van der Waals surface area (Å²) in [6.45, 7) is 0.185. The molecule has 1 amide bonds. The molecule has 1 saturated carbocycles. The third-order valence-electron chi connectivity index (χ3n) is 2.77. The average Bonchev–Trinajstić information content (AvgIpc) is 3.19. The Labute approximate surface area is 117 Å². The quantitative estimate of drug-likeness (QED) is 0.577. The Bertz CT molecular complexity index is 568. The number of hydrogen-bond acceptors (Lipinski definition) is 6. The van der Waals surface area contributed by atoms with Gasteiger partial charge in [-0.25, -0.2) is 23.1 Å². The van der Waals surface area contributed by atoms with Crippen LogP contribution in [0, 0.1) is 0 Å². The molecule has 20 heavy (non-hydrogen) atoms. The van der Waals surface area contributed by atoms with E-state index in [1.54, 1.807) is 0 Å². The molecule has 0 bridgehead atoms. The molecule has 0 aromatic carbocycles. The highest BCUT2D eigenvalue weighted by molar-refractivity contribution is 7.89. The van der Waals surface area contributed by atoms with Crippen LogP contribution < -0.4 is 15.8 Å². The number of amides is 1. The van der Waals surface area contributed by atoms with E-state index in [0.717, 1.165) is 25.2 Å². The molecule has 8 nitrogen and oxygen atoms in total. The molecule has 9 heteroatoms. The fraction of sp³-hybridized carbons (Fsp3) is 0.545. The van der Waals surface area contributed by atoms with Crippen LogP contribution in [0.1, 0.15) is 25.7 Å². The number of carbonyl (C=O) groups excluding carboxylic acids is 1. The molecule has 1 heterocycles. The predicted molar refractivity (Wildman–Crippen MR) is 72.0 cm³/mol. The molecule has 1 aliphatic rings. The highest BCUT2D eigenvalue weighted by atomic mass is 32.2. The van der Waals surface area contributed by atoms with Crippen molar-refractivity contribution >= 4 is 21.9 Å². The number of nitrogens with two attached hydrogens (primary N) is 1. The third kappa shape index (κ3) is 4.42. The van der Waals surface area contributed by atoms with Gasteiger partial charge in [0.1, 0.15) is 4.90 Å². The number of sulfonamides is 1. The van der Waals surface area contributed by atoms with E-state index >= 15 is 0 Å². The summed E-state index contributed by atoms with van der Waals surface area (Å²) in [7, 11) is -3.65. The van der Waals surface area contributed by atoms with E-state index in [4.69, 9.17) is 5.73 Å². The minimum atomic E-state index is -3.65. The molecule has 0 saturated heterocycles. The van der Waals surface area contributed by atoms with Gasteiger partial charge in [0, 0.05) is 19.0 Å². The van der Waals surface area contributed by atoms with Crippen molar-refractivity contribution in [3.8, 4) is 0 Å². The van der Waals surface area contributed by atoms with Crippen LogP contribution in [-0.4, -0.2) is 36.9 Å². The van der Waals surface area contributed by atoms with Crippen molar-refractivity contribution < 1.29 is 13.2 Å². The SMILES string of the molecule is Nc1ncc(S(=O)(=O)NCCCC(=O)NC2CC2)cn1. The number of rotatable bonds is 7. The number of aromatic nitrogens is 2. The molecule has 4 N–H and O–H groups in total. The van der Waals surface area contributed by atoms with Crippen molar-refractivity contribution in [2.75, 3.05) is 12.3 Å². The zero-order valence-corrected chi connectivity index (χ0v) is 11.7. The van der Waals surface area contributed by atoms with Crippen LogP contribution in [0.4, 0.5) is 5.95 Å². The topological polar surface area (TPSA) is 127 Å². The molecule has 110 valence electrons. The van der Waals surface area contributed by atoms with Crippen LogP contribution in [0.15, 0.2) is 17.3 Å². The minimum absolute atomic E-state index is 0.0145. The molecule has 1 aromatic rings. The van der Waals surface area contributed by atoms with Crippen molar-refractivity contribution in [3.05, 3.63) is 12.4 Å². The van der Waals surface area contributed by atoms with Gasteiger partial charge in [-0.1, -0.05) is 0 Å². The second-order valence-electron chi connectivity index (χ2n) is 4.62. The monoisotopic (exact) mass is 299 g/mol. The smallest absolute Gasteiger partial charge is 0.243 e. The Hall–Kier alpha value is -1.74. The summed E-state index contributed by atoms with van der Waals surface area (Å²) in [6, 6.07) is 0.325. The van der Waals surface area contributed by atoms with Gasteiger partial charge in [0.15, 0.2) is 0 Å². The third-order valence-corrected chi connectivity index (χ3v) is 4.19. The van der Waals surface area contributed by atoms with E-state index < -0.39 is 10.0 Å². The number of anilines is 1. The van der Waals surface area contributed by atoms with Gasteiger partial charge in [0.25, 0.3) is 0 Å². The number of nitrogens with one attached hydrogen (secondary N) is 2. The fourth-order valence-corrected chi connectivity index (χ4v) is 2.49. The average molecular weight is 299 g/mol. The summed E-state index contributed by atoms with van der Waals surface area (Å²) in [5.74, 6) is -0.0248. The summed E-state index contributed by atoms with van der Waals surface area (Å²) >= 11 is 0. The summed E-state index contributed by atoms with van der Waals surface area (Å²) in [5, 5.41) is 2.84. The highest BCUT2D eigenvalue weighted by Gasteiger charge is 2.22. The van der Waals surface area contributed by atoms with E-state index in [1.807, 2.05) is 0 Å². The number of nitrogens with zero attached hydrogens (tertiary/aromatic N) is 2. The Kier molecular flexibility index (Phi) is 4.50. The molecule has 1 aromatic heterocycles. The maximum absolute atomic E-state index is 11.8. The summed E-state index contributed by atoms with van der Waals surface area (Å²) in [5.41, 5.74) is 5.29. The Morgan fingerprint density at radius 1 is 1.35 bits per heavy atom. The first kappa shape index (κ1) is 14.7. The maximum atomic E-state index is 11.8. The van der Waals surface area contributed by atoms with Crippen LogP contribution in [0.2, 0.25) is 0 Å². The molecular formula is C11H17N5O3S. The summed E-state index contributed by atoms with van der Waals surface area (Å²) < 4.78 is 26.1. The van der Waals surface area contributed by atoms with Crippen LogP contribution in [0.5, 0.6) is 0 Å². The van der Waals surface area contributed by atoms with Crippen LogP contribution in [0.25, 0.3) is 0 Å². The van der Waals surface area contributed by atoms with E-state index in [-0.39, 0.29) is 23.3 Å².